The Kier molecular flexibility index (Phi) is 6.61. The molecule has 1 aromatic heterocycles. The van der Waals surface area contributed by atoms with Gasteiger partial charge in [-0.3, -0.25) is 4.79 Å². The zero-order valence-electron chi connectivity index (χ0n) is 12.7. The summed E-state index contributed by atoms with van der Waals surface area (Å²) in [7, 11) is 1.59. The lowest BCUT2D eigenvalue weighted by Gasteiger charge is -2.08. The van der Waals surface area contributed by atoms with Crippen LogP contribution in [-0.2, 0) is 13.0 Å². The summed E-state index contributed by atoms with van der Waals surface area (Å²) in [5.41, 5.74) is 1.54. The normalized spacial score (nSPS) is 10.2. The minimum atomic E-state index is -0.198. The van der Waals surface area contributed by atoms with Gasteiger partial charge >= 0.3 is 6.03 Å². The quantitative estimate of drug-likeness (QED) is 0.703. The smallest absolute Gasteiger partial charge is 0.315 e. The molecule has 0 aliphatic heterocycles. The summed E-state index contributed by atoms with van der Waals surface area (Å²) >= 11 is 5.08. The van der Waals surface area contributed by atoms with Crippen LogP contribution in [0.4, 0.5) is 4.79 Å². The standard InChI is InChI=1S/C16H18BrN3O2S/c1-18-15(21)12-4-2-11(3-5-12)10-20-16(22)19-9-8-13-6-7-14(17)23-13/h2-7H,8-10H2,1H3,(H,18,21)(H2,19,20,22). The summed E-state index contributed by atoms with van der Waals surface area (Å²) in [5, 5.41) is 8.19. The van der Waals surface area contributed by atoms with E-state index in [9.17, 15) is 9.59 Å². The van der Waals surface area contributed by atoms with Crippen molar-refractivity contribution in [2.75, 3.05) is 13.6 Å². The highest BCUT2D eigenvalue weighted by molar-refractivity contribution is 9.11. The molecule has 0 fully saturated rings. The summed E-state index contributed by atoms with van der Waals surface area (Å²) < 4.78 is 1.09. The van der Waals surface area contributed by atoms with Crippen LogP contribution in [0.3, 0.4) is 0 Å². The molecule has 0 bridgehead atoms. The van der Waals surface area contributed by atoms with Crippen molar-refractivity contribution in [3.8, 4) is 0 Å². The highest BCUT2D eigenvalue weighted by Crippen LogP contribution is 2.21. The summed E-state index contributed by atoms with van der Waals surface area (Å²) in [5.74, 6) is -0.123. The number of carbonyl (C=O) groups excluding carboxylic acids is 2. The first-order chi connectivity index (χ1) is 11.1. The van der Waals surface area contributed by atoms with Crippen LogP contribution in [0.15, 0.2) is 40.2 Å². The molecular weight excluding hydrogens is 378 g/mol. The maximum atomic E-state index is 11.7. The maximum Gasteiger partial charge on any atom is 0.315 e. The highest BCUT2D eigenvalue weighted by atomic mass is 79.9. The fraction of sp³-hybridized carbons (Fsp3) is 0.250. The maximum absolute atomic E-state index is 11.7. The van der Waals surface area contributed by atoms with Gasteiger partial charge in [-0.25, -0.2) is 4.79 Å². The molecule has 0 unspecified atom stereocenters. The number of benzene rings is 1. The first-order valence-electron chi connectivity index (χ1n) is 7.15. The summed E-state index contributed by atoms with van der Waals surface area (Å²) in [6.07, 6.45) is 0.810. The Balaban J connectivity index is 1.70. The van der Waals surface area contributed by atoms with Crippen LogP contribution in [0.5, 0.6) is 0 Å². The summed E-state index contributed by atoms with van der Waals surface area (Å²) in [4.78, 5) is 24.4. The third-order valence-corrected chi connectivity index (χ3v) is 4.87. The lowest BCUT2D eigenvalue weighted by Crippen LogP contribution is -2.36. The Morgan fingerprint density at radius 2 is 1.83 bits per heavy atom. The lowest BCUT2D eigenvalue weighted by molar-refractivity contribution is 0.0963. The van der Waals surface area contributed by atoms with Crippen molar-refractivity contribution in [1.82, 2.24) is 16.0 Å². The SMILES string of the molecule is CNC(=O)c1ccc(CNC(=O)NCCc2ccc(Br)s2)cc1. The number of nitrogens with one attached hydrogen (secondary N) is 3. The lowest BCUT2D eigenvalue weighted by atomic mass is 10.1. The fourth-order valence-corrected chi connectivity index (χ4v) is 3.43. The van der Waals surface area contributed by atoms with E-state index in [1.54, 1.807) is 30.5 Å². The van der Waals surface area contributed by atoms with Crippen LogP contribution in [0.1, 0.15) is 20.8 Å². The van der Waals surface area contributed by atoms with Gasteiger partial charge in [0.05, 0.1) is 3.79 Å². The van der Waals surface area contributed by atoms with Crippen molar-refractivity contribution in [2.24, 2.45) is 0 Å². The number of halogens is 1. The average Bonchev–Trinajstić information content (AvgIpc) is 2.98. The second-order valence-corrected chi connectivity index (χ2v) is 7.39. The van der Waals surface area contributed by atoms with E-state index in [1.807, 2.05) is 24.3 Å². The van der Waals surface area contributed by atoms with Crippen molar-refractivity contribution < 1.29 is 9.59 Å². The van der Waals surface area contributed by atoms with E-state index in [2.05, 4.69) is 31.9 Å². The Bertz CT molecular complexity index is 670. The number of thiophene rings is 1. The van der Waals surface area contributed by atoms with Crippen molar-refractivity contribution in [3.05, 3.63) is 56.2 Å². The third kappa shape index (κ3) is 5.69. The van der Waals surface area contributed by atoms with E-state index in [-0.39, 0.29) is 11.9 Å². The molecule has 1 aromatic carbocycles. The molecule has 0 spiro atoms. The number of amides is 3. The van der Waals surface area contributed by atoms with Gasteiger partial charge in [0.1, 0.15) is 0 Å². The number of rotatable bonds is 6. The molecule has 3 N–H and O–H groups in total. The second kappa shape index (κ2) is 8.69. The van der Waals surface area contributed by atoms with Gasteiger partial charge in [-0.2, -0.15) is 0 Å². The van der Waals surface area contributed by atoms with Crippen LogP contribution in [-0.4, -0.2) is 25.5 Å². The zero-order chi connectivity index (χ0) is 16.7. The van der Waals surface area contributed by atoms with Gasteiger partial charge in [-0.1, -0.05) is 12.1 Å². The molecule has 0 radical (unpaired) electrons. The number of carbonyl (C=O) groups is 2. The predicted octanol–water partition coefficient (Wildman–Crippen LogP) is 2.91. The molecule has 2 rings (SSSR count). The van der Waals surface area contributed by atoms with Gasteiger partial charge in [0.25, 0.3) is 5.91 Å². The molecule has 23 heavy (non-hydrogen) atoms. The Morgan fingerprint density at radius 1 is 1.09 bits per heavy atom. The van der Waals surface area contributed by atoms with E-state index < -0.39 is 0 Å². The van der Waals surface area contributed by atoms with Gasteiger partial charge in [0.2, 0.25) is 0 Å². The van der Waals surface area contributed by atoms with Crippen LogP contribution < -0.4 is 16.0 Å². The Labute approximate surface area is 147 Å². The molecule has 122 valence electrons. The van der Waals surface area contributed by atoms with Crippen LogP contribution >= 0.6 is 27.3 Å². The molecule has 3 amide bonds. The molecule has 0 saturated carbocycles. The first kappa shape index (κ1) is 17.5. The van der Waals surface area contributed by atoms with Gasteiger partial charge in [0.15, 0.2) is 0 Å². The van der Waals surface area contributed by atoms with Crippen molar-refractivity contribution in [1.29, 1.82) is 0 Å². The molecule has 0 atom stereocenters. The van der Waals surface area contributed by atoms with E-state index in [0.717, 1.165) is 15.8 Å². The van der Waals surface area contributed by atoms with Crippen molar-refractivity contribution in [3.63, 3.8) is 0 Å². The largest absolute Gasteiger partial charge is 0.355 e. The monoisotopic (exact) mass is 395 g/mol. The van der Waals surface area contributed by atoms with E-state index in [0.29, 0.717) is 18.7 Å². The minimum Gasteiger partial charge on any atom is -0.355 e. The molecule has 1 heterocycles. The molecule has 0 aliphatic carbocycles. The zero-order valence-corrected chi connectivity index (χ0v) is 15.1. The van der Waals surface area contributed by atoms with Crippen molar-refractivity contribution >= 4 is 39.2 Å². The van der Waals surface area contributed by atoms with Gasteiger partial charge in [-0.15, -0.1) is 11.3 Å². The van der Waals surface area contributed by atoms with Gasteiger partial charge < -0.3 is 16.0 Å². The Morgan fingerprint density at radius 3 is 2.43 bits per heavy atom. The molecule has 2 aromatic rings. The van der Waals surface area contributed by atoms with Crippen LogP contribution in [0.2, 0.25) is 0 Å². The van der Waals surface area contributed by atoms with Crippen molar-refractivity contribution in [2.45, 2.75) is 13.0 Å². The van der Waals surface area contributed by atoms with Crippen LogP contribution in [0.25, 0.3) is 0 Å². The van der Waals surface area contributed by atoms with Crippen LogP contribution in [0, 0.1) is 0 Å². The average molecular weight is 396 g/mol. The molecule has 0 saturated heterocycles. The van der Waals surface area contributed by atoms with Gasteiger partial charge in [0, 0.05) is 30.6 Å². The molecule has 7 heteroatoms. The minimum absolute atomic E-state index is 0.123. The Hall–Kier alpha value is -1.86. The predicted molar refractivity (Wildman–Crippen MR) is 95.8 cm³/mol. The third-order valence-electron chi connectivity index (χ3n) is 3.18. The number of hydrogen-bond acceptors (Lipinski definition) is 3. The summed E-state index contributed by atoms with van der Waals surface area (Å²) in [6.45, 7) is 1.01. The van der Waals surface area contributed by atoms with Gasteiger partial charge in [-0.05, 0) is 52.2 Å². The number of hydrogen-bond donors (Lipinski definition) is 3. The molecule has 5 nitrogen and oxygen atoms in total. The fourth-order valence-electron chi connectivity index (χ4n) is 1.95. The van der Waals surface area contributed by atoms with E-state index in [1.165, 1.54) is 4.88 Å². The first-order valence-corrected chi connectivity index (χ1v) is 8.76. The molecule has 0 aliphatic rings. The molecular formula is C16H18BrN3O2S. The second-order valence-electron chi connectivity index (χ2n) is 4.84. The van der Waals surface area contributed by atoms with E-state index >= 15 is 0 Å². The topological polar surface area (TPSA) is 70.2 Å². The number of urea groups is 1. The van der Waals surface area contributed by atoms with E-state index in [4.69, 9.17) is 0 Å². The summed E-state index contributed by atoms with van der Waals surface area (Å²) in [6, 6.07) is 11.0. The highest BCUT2D eigenvalue weighted by Gasteiger charge is 2.04.